The van der Waals surface area contributed by atoms with E-state index < -0.39 is 0 Å². The first-order chi connectivity index (χ1) is 14.5. The van der Waals surface area contributed by atoms with Gasteiger partial charge in [-0.05, 0) is 25.1 Å². The van der Waals surface area contributed by atoms with E-state index in [9.17, 15) is 9.59 Å². The van der Waals surface area contributed by atoms with E-state index in [1.165, 1.54) is 11.3 Å². The Labute approximate surface area is 177 Å². The van der Waals surface area contributed by atoms with Crippen molar-refractivity contribution in [1.29, 1.82) is 0 Å². The van der Waals surface area contributed by atoms with Crippen LogP contribution in [0.1, 0.15) is 4.88 Å². The Hall–Kier alpha value is -2.98. The monoisotopic (exact) mass is 428 g/mol. The van der Waals surface area contributed by atoms with Crippen molar-refractivity contribution >= 4 is 39.1 Å². The number of thiazole rings is 1. The van der Waals surface area contributed by atoms with E-state index in [2.05, 4.69) is 20.2 Å². The van der Waals surface area contributed by atoms with Gasteiger partial charge in [0.2, 0.25) is 0 Å². The number of benzene rings is 1. The topological polar surface area (TPSA) is 92.6 Å². The fourth-order valence-electron chi connectivity index (χ4n) is 3.44. The lowest BCUT2D eigenvalue weighted by Crippen LogP contribution is -2.50. The van der Waals surface area contributed by atoms with Gasteiger partial charge in [0.05, 0.1) is 30.4 Å². The molecule has 0 saturated carbocycles. The second-order valence-electron chi connectivity index (χ2n) is 7.12. The lowest BCUT2D eigenvalue weighted by Gasteiger charge is -2.35. The largest absolute Gasteiger partial charge is 0.383 e. The van der Waals surface area contributed by atoms with Gasteiger partial charge in [-0.2, -0.15) is 0 Å². The van der Waals surface area contributed by atoms with Crippen LogP contribution in [0.4, 0.5) is 15.6 Å². The number of aromatic nitrogens is 3. The van der Waals surface area contributed by atoms with Crippen molar-refractivity contribution < 1.29 is 9.53 Å². The lowest BCUT2D eigenvalue weighted by atomic mass is 10.2. The highest BCUT2D eigenvalue weighted by Crippen LogP contribution is 2.21. The number of hydrogen-bond donors (Lipinski definition) is 1. The number of nitrogens with one attached hydrogen (secondary N) is 1. The molecule has 1 N–H and O–H groups in total. The van der Waals surface area contributed by atoms with Crippen LogP contribution in [0.15, 0.2) is 35.5 Å². The molecule has 158 valence electrons. The molecule has 1 fully saturated rings. The third-order valence-electron chi connectivity index (χ3n) is 5.11. The van der Waals surface area contributed by atoms with Crippen molar-refractivity contribution in [3.05, 3.63) is 46.0 Å². The van der Waals surface area contributed by atoms with Gasteiger partial charge in [0.1, 0.15) is 0 Å². The molecular formula is C20H24N6O3S. The molecule has 1 saturated heterocycles. The molecule has 0 radical (unpaired) electrons. The van der Waals surface area contributed by atoms with Gasteiger partial charge in [-0.25, -0.2) is 14.8 Å². The van der Waals surface area contributed by atoms with Crippen LogP contribution in [0, 0.1) is 6.92 Å². The molecule has 9 nitrogen and oxygen atoms in total. The SMILES string of the molecule is COCCn1cnc2cc(N3CCN(C(=O)Nc4ncc(C)s4)CC3)ccc2c1=O. The maximum atomic E-state index is 12.6. The molecule has 0 unspecified atom stereocenters. The van der Waals surface area contributed by atoms with Crippen molar-refractivity contribution in [2.75, 3.05) is 50.1 Å². The molecule has 2 amide bonds. The normalized spacial score (nSPS) is 14.3. The zero-order valence-electron chi connectivity index (χ0n) is 17.0. The fraction of sp³-hybridized carbons (Fsp3) is 0.400. The van der Waals surface area contributed by atoms with E-state index in [0.717, 1.165) is 10.6 Å². The van der Waals surface area contributed by atoms with Gasteiger partial charge < -0.3 is 14.5 Å². The Balaban J connectivity index is 1.41. The third kappa shape index (κ3) is 4.29. The van der Waals surface area contributed by atoms with Gasteiger partial charge in [-0.3, -0.25) is 14.7 Å². The number of hydrogen-bond acceptors (Lipinski definition) is 7. The number of anilines is 2. The number of aryl methyl sites for hydroxylation is 1. The molecule has 3 heterocycles. The summed E-state index contributed by atoms with van der Waals surface area (Å²) in [7, 11) is 1.61. The quantitative estimate of drug-likeness (QED) is 0.670. The Kier molecular flexibility index (Phi) is 5.96. The molecule has 10 heteroatoms. The number of carbonyl (C=O) groups is 1. The molecule has 1 aliphatic heterocycles. The fourth-order valence-corrected chi connectivity index (χ4v) is 4.10. The number of fused-ring (bicyclic) bond motifs is 1. The summed E-state index contributed by atoms with van der Waals surface area (Å²) in [5, 5.41) is 4.07. The number of nitrogens with zero attached hydrogens (tertiary/aromatic N) is 5. The average Bonchev–Trinajstić information content (AvgIpc) is 3.17. The van der Waals surface area contributed by atoms with E-state index in [-0.39, 0.29) is 11.6 Å². The standard InChI is InChI=1S/C20H24N6O3S/c1-14-12-21-19(30-14)23-20(28)25-7-5-24(6-8-25)15-3-4-16-17(11-15)22-13-26(18(16)27)9-10-29-2/h3-4,11-13H,5-10H2,1-2H3,(H,21,23,28). The minimum absolute atomic E-state index is 0.0671. The zero-order chi connectivity index (χ0) is 21.1. The minimum atomic E-state index is -0.124. The first kappa shape index (κ1) is 20.3. The predicted octanol–water partition coefficient (Wildman–Crippen LogP) is 2.16. The number of piperazine rings is 1. The number of carbonyl (C=O) groups excluding carboxylic acids is 1. The average molecular weight is 429 g/mol. The number of urea groups is 1. The van der Waals surface area contributed by atoms with Crippen molar-refractivity contribution in [3.8, 4) is 0 Å². The second kappa shape index (κ2) is 8.80. The molecule has 0 bridgehead atoms. The van der Waals surface area contributed by atoms with Gasteiger partial charge in [0.25, 0.3) is 5.56 Å². The number of amides is 2. The molecule has 0 aliphatic carbocycles. The first-order valence-electron chi connectivity index (χ1n) is 9.76. The summed E-state index contributed by atoms with van der Waals surface area (Å²) in [6.07, 6.45) is 3.31. The van der Waals surface area contributed by atoms with Crippen molar-refractivity contribution in [1.82, 2.24) is 19.4 Å². The highest BCUT2D eigenvalue weighted by atomic mass is 32.1. The molecule has 30 heavy (non-hydrogen) atoms. The maximum Gasteiger partial charge on any atom is 0.323 e. The summed E-state index contributed by atoms with van der Waals surface area (Å²) >= 11 is 1.46. The minimum Gasteiger partial charge on any atom is -0.383 e. The molecule has 1 aromatic carbocycles. The van der Waals surface area contributed by atoms with Crippen LogP contribution in [0.5, 0.6) is 0 Å². The van der Waals surface area contributed by atoms with Crippen molar-refractivity contribution in [2.45, 2.75) is 13.5 Å². The Morgan fingerprint density at radius 2 is 2.03 bits per heavy atom. The van der Waals surface area contributed by atoms with Gasteiger partial charge in [0, 0.05) is 50.1 Å². The van der Waals surface area contributed by atoms with Crippen LogP contribution < -0.4 is 15.8 Å². The predicted molar refractivity (Wildman–Crippen MR) is 118 cm³/mol. The zero-order valence-corrected chi connectivity index (χ0v) is 17.8. The summed E-state index contributed by atoms with van der Waals surface area (Å²) in [5.41, 5.74) is 1.60. The van der Waals surface area contributed by atoms with Crippen LogP contribution in [0.25, 0.3) is 10.9 Å². The Morgan fingerprint density at radius 1 is 1.23 bits per heavy atom. The van der Waals surface area contributed by atoms with Crippen LogP contribution in [0.3, 0.4) is 0 Å². The lowest BCUT2D eigenvalue weighted by molar-refractivity contribution is 0.186. The highest BCUT2D eigenvalue weighted by molar-refractivity contribution is 7.15. The number of methoxy groups -OCH3 is 1. The molecular weight excluding hydrogens is 404 g/mol. The Morgan fingerprint density at radius 3 is 2.73 bits per heavy atom. The summed E-state index contributed by atoms with van der Waals surface area (Å²) in [6.45, 7) is 5.54. The van der Waals surface area contributed by atoms with Gasteiger partial charge in [-0.1, -0.05) is 0 Å². The van der Waals surface area contributed by atoms with Gasteiger partial charge in [0.15, 0.2) is 5.13 Å². The smallest absolute Gasteiger partial charge is 0.323 e. The van der Waals surface area contributed by atoms with Crippen LogP contribution in [-0.4, -0.2) is 65.4 Å². The highest BCUT2D eigenvalue weighted by Gasteiger charge is 2.22. The number of ether oxygens (including phenoxy) is 1. The summed E-state index contributed by atoms with van der Waals surface area (Å²) in [5.74, 6) is 0. The summed E-state index contributed by atoms with van der Waals surface area (Å²) < 4.78 is 6.60. The van der Waals surface area contributed by atoms with E-state index in [0.29, 0.717) is 55.4 Å². The van der Waals surface area contributed by atoms with Crippen molar-refractivity contribution in [2.24, 2.45) is 0 Å². The van der Waals surface area contributed by atoms with E-state index >= 15 is 0 Å². The van der Waals surface area contributed by atoms with Crippen LogP contribution in [0.2, 0.25) is 0 Å². The summed E-state index contributed by atoms with van der Waals surface area (Å²) in [4.78, 5) is 38.7. The molecule has 0 spiro atoms. The van der Waals surface area contributed by atoms with Crippen molar-refractivity contribution in [3.63, 3.8) is 0 Å². The maximum absolute atomic E-state index is 12.6. The molecule has 4 rings (SSSR count). The molecule has 3 aromatic rings. The van der Waals surface area contributed by atoms with Crippen LogP contribution >= 0.6 is 11.3 Å². The Bertz CT molecular complexity index is 1100. The molecule has 0 atom stereocenters. The third-order valence-corrected chi connectivity index (χ3v) is 5.94. The molecule has 2 aromatic heterocycles. The number of rotatable bonds is 5. The molecule has 1 aliphatic rings. The van der Waals surface area contributed by atoms with Crippen LogP contribution in [-0.2, 0) is 11.3 Å². The first-order valence-corrected chi connectivity index (χ1v) is 10.6. The second-order valence-corrected chi connectivity index (χ2v) is 8.35. The summed E-state index contributed by atoms with van der Waals surface area (Å²) in [6, 6.07) is 5.58. The van der Waals surface area contributed by atoms with E-state index in [1.54, 1.807) is 29.1 Å². The van der Waals surface area contributed by atoms with E-state index in [4.69, 9.17) is 4.74 Å². The van der Waals surface area contributed by atoms with E-state index in [1.807, 2.05) is 25.1 Å². The van der Waals surface area contributed by atoms with Gasteiger partial charge in [-0.15, -0.1) is 11.3 Å². The van der Waals surface area contributed by atoms with Gasteiger partial charge >= 0.3 is 6.03 Å².